The van der Waals surface area contributed by atoms with Gasteiger partial charge in [0.1, 0.15) is 18.0 Å². The summed E-state index contributed by atoms with van der Waals surface area (Å²) in [7, 11) is 0. The van der Waals surface area contributed by atoms with Gasteiger partial charge in [-0.3, -0.25) is 14.4 Å². The van der Waals surface area contributed by atoms with Crippen molar-refractivity contribution in [3.8, 4) is 0 Å². The van der Waals surface area contributed by atoms with E-state index in [0.717, 1.165) is 18.4 Å². The summed E-state index contributed by atoms with van der Waals surface area (Å²) in [4.78, 5) is 37.5. The Morgan fingerprint density at radius 2 is 1.92 bits per heavy atom. The number of aliphatic hydroxyl groups is 2. The van der Waals surface area contributed by atoms with Crippen molar-refractivity contribution in [2.24, 2.45) is 28.6 Å². The summed E-state index contributed by atoms with van der Waals surface area (Å²) < 4.78 is 0. The maximum Gasteiger partial charge on any atom is 0.190 e. The van der Waals surface area contributed by atoms with Gasteiger partial charge in [-0.05, 0) is 55.4 Å². The second kappa shape index (κ2) is 5.59. The van der Waals surface area contributed by atoms with E-state index in [1.807, 2.05) is 6.92 Å². The zero-order valence-electron chi connectivity index (χ0n) is 15.6. The third kappa shape index (κ3) is 2.07. The van der Waals surface area contributed by atoms with Crippen molar-refractivity contribution in [3.63, 3.8) is 0 Å². The van der Waals surface area contributed by atoms with Gasteiger partial charge in [0.05, 0.1) is 0 Å². The standard InChI is InChI=1S/C21H28O5/c1-19-7-5-13(23)9-12(19)3-4-14-15-6-8-21(26,17(25)11-22)20(15,2)10-16(24)18(14)19/h9,14-15,18,22,26H,3-8,10-11H2,1-2H3/t14-,15-,18+,19+,20+,21+/m1/s1. The summed E-state index contributed by atoms with van der Waals surface area (Å²) in [5.41, 5.74) is -1.55. The van der Waals surface area contributed by atoms with E-state index in [-0.39, 0.29) is 41.2 Å². The molecule has 0 aromatic heterocycles. The van der Waals surface area contributed by atoms with Crippen molar-refractivity contribution in [1.29, 1.82) is 0 Å². The molecule has 0 bridgehead atoms. The second-order valence-electron chi connectivity index (χ2n) is 9.38. The topological polar surface area (TPSA) is 91.7 Å². The van der Waals surface area contributed by atoms with Crippen LogP contribution in [0.1, 0.15) is 58.8 Å². The maximum atomic E-state index is 13.3. The van der Waals surface area contributed by atoms with Crippen molar-refractivity contribution < 1.29 is 24.6 Å². The lowest BCUT2D eigenvalue weighted by molar-refractivity contribution is -0.170. The molecule has 2 N–H and O–H groups in total. The number of aliphatic hydroxyl groups excluding tert-OH is 1. The van der Waals surface area contributed by atoms with Gasteiger partial charge in [0.25, 0.3) is 0 Å². The number of ketones is 3. The van der Waals surface area contributed by atoms with E-state index in [1.165, 1.54) is 0 Å². The molecule has 3 fully saturated rings. The number of carbonyl (C=O) groups is 3. The van der Waals surface area contributed by atoms with Crippen LogP contribution in [0.2, 0.25) is 0 Å². The minimum atomic E-state index is -1.60. The number of Topliss-reactive ketones (excluding diaryl/α,β-unsaturated/α-hetero) is 2. The van der Waals surface area contributed by atoms with E-state index >= 15 is 0 Å². The van der Waals surface area contributed by atoms with Crippen LogP contribution in [0.3, 0.4) is 0 Å². The minimum Gasteiger partial charge on any atom is -0.388 e. The molecule has 0 aliphatic heterocycles. The van der Waals surface area contributed by atoms with Gasteiger partial charge in [-0.25, -0.2) is 0 Å². The predicted octanol–water partition coefficient (Wildman–Crippen LogP) is 1.99. The first-order valence-corrected chi connectivity index (χ1v) is 9.80. The summed E-state index contributed by atoms with van der Waals surface area (Å²) in [6, 6.07) is 0. The lowest BCUT2D eigenvalue weighted by atomic mass is 9.46. The molecule has 0 heterocycles. The number of allylic oxidation sites excluding steroid dienone is 1. The van der Waals surface area contributed by atoms with Crippen molar-refractivity contribution in [3.05, 3.63) is 11.6 Å². The summed E-state index contributed by atoms with van der Waals surface area (Å²) in [5, 5.41) is 20.5. The smallest absolute Gasteiger partial charge is 0.190 e. The van der Waals surface area contributed by atoms with Crippen LogP contribution >= 0.6 is 0 Å². The molecule has 3 saturated carbocycles. The number of hydrogen-bond acceptors (Lipinski definition) is 5. The van der Waals surface area contributed by atoms with Gasteiger partial charge in [0.15, 0.2) is 11.6 Å². The van der Waals surface area contributed by atoms with Gasteiger partial charge in [-0.15, -0.1) is 0 Å². The molecule has 4 aliphatic rings. The Morgan fingerprint density at radius 1 is 1.19 bits per heavy atom. The van der Waals surface area contributed by atoms with Crippen molar-refractivity contribution in [1.82, 2.24) is 0 Å². The maximum absolute atomic E-state index is 13.3. The van der Waals surface area contributed by atoms with Gasteiger partial charge < -0.3 is 10.2 Å². The van der Waals surface area contributed by atoms with Gasteiger partial charge >= 0.3 is 0 Å². The van der Waals surface area contributed by atoms with Crippen LogP contribution < -0.4 is 0 Å². The van der Waals surface area contributed by atoms with E-state index in [0.29, 0.717) is 25.7 Å². The molecule has 26 heavy (non-hydrogen) atoms. The largest absolute Gasteiger partial charge is 0.388 e. The molecule has 5 heteroatoms. The van der Waals surface area contributed by atoms with E-state index in [2.05, 4.69) is 6.92 Å². The Morgan fingerprint density at radius 3 is 2.62 bits per heavy atom. The van der Waals surface area contributed by atoms with Crippen LogP contribution in [0, 0.1) is 28.6 Å². The molecule has 142 valence electrons. The van der Waals surface area contributed by atoms with Crippen LogP contribution in [0.25, 0.3) is 0 Å². The average Bonchev–Trinajstić information content (AvgIpc) is 2.86. The molecular formula is C21H28O5. The zero-order chi connectivity index (χ0) is 18.9. The Kier molecular flexibility index (Phi) is 3.88. The second-order valence-corrected chi connectivity index (χ2v) is 9.38. The molecule has 0 aromatic rings. The first kappa shape index (κ1) is 18.1. The molecule has 4 rings (SSSR count). The summed E-state index contributed by atoms with van der Waals surface area (Å²) in [6.07, 6.45) is 5.83. The van der Waals surface area contributed by atoms with Gasteiger partial charge in [-0.1, -0.05) is 19.4 Å². The van der Waals surface area contributed by atoms with Crippen molar-refractivity contribution in [2.75, 3.05) is 6.61 Å². The van der Waals surface area contributed by atoms with E-state index in [9.17, 15) is 24.6 Å². The first-order chi connectivity index (χ1) is 12.2. The third-order valence-corrected chi connectivity index (χ3v) is 8.41. The van der Waals surface area contributed by atoms with Gasteiger partial charge in [0.2, 0.25) is 0 Å². The quantitative estimate of drug-likeness (QED) is 0.786. The molecule has 5 nitrogen and oxygen atoms in total. The highest BCUT2D eigenvalue weighted by atomic mass is 16.3. The molecule has 6 atom stereocenters. The van der Waals surface area contributed by atoms with Crippen molar-refractivity contribution in [2.45, 2.75) is 64.4 Å². The molecule has 4 aliphatic carbocycles. The lowest BCUT2D eigenvalue weighted by Gasteiger charge is -2.57. The fourth-order valence-electron chi connectivity index (χ4n) is 6.98. The molecule has 0 aromatic carbocycles. The first-order valence-electron chi connectivity index (χ1n) is 9.80. The molecular weight excluding hydrogens is 332 g/mol. The Balaban J connectivity index is 1.75. The lowest BCUT2D eigenvalue weighted by Crippen LogP contribution is -2.60. The molecule has 0 saturated heterocycles. The normalized spacial score (nSPS) is 47.7. The van der Waals surface area contributed by atoms with Crippen LogP contribution in [0.15, 0.2) is 11.6 Å². The SMILES string of the molecule is C[C@]12CCC(=O)C=C1CC[C@H]1[C@H]2C(=O)C[C@@]2(C)[C@@H]1CC[C@]2(O)C(=O)CO. The van der Waals surface area contributed by atoms with Gasteiger partial charge in [0, 0.05) is 24.2 Å². The third-order valence-electron chi connectivity index (χ3n) is 8.41. The zero-order valence-corrected chi connectivity index (χ0v) is 15.6. The Labute approximate surface area is 153 Å². The number of hydrogen-bond donors (Lipinski definition) is 2. The summed E-state index contributed by atoms with van der Waals surface area (Å²) >= 11 is 0. The molecule has 0 unspecified atom stereocenters. The Hall–Kier alpha value is -1.33. The summed E-state index contributed by atoms with van der Waals surface area (Å²) in [5.74, 6) is -0.172. The molecule has 0 amide bonds. The van der Waals surface area contributed by atoms with Crippen LogP contribution in [0.4, 0.5) is 0 Å². The monoisotopic (exact) mass is 360 g/mol. The fraction of sp³-hybridized carbons (Fsp3) is 0.762. The van der Waals surface area contributed by atoms with Gasteiger partial charge in [-0.2, -0.15) is 0 Å². The van der Waals surface area contributed by atoms with Crippen molar-refractivity contribution >= 4 is 17.3 Å². The van der Waals surface area contributed by atoms with E-state index in [1.54, 1.807) is 6.08 Å². The molecule has 0 radical (unpaired) electrons. The van der Waals surface area contributed by atoms with Crippen LogP contribution in [-0.2, 0) is 14.4 Å². The average molecular weight is 360 g/mol. The number of rotatable bonds is 2. The Bertz CT molecular complexity index is 724. The molecule has 0 spiro atoms. The number of fused-ring (bicyclic) bond motifs is 5. The fourth-order valence-corrected chi connectivity index (χ4v) is 6.98. The highest BCUT2D eigenvalue weighted by Crippen LogP contribution is 2.66. The number of carbonyl (C=O) groups excluding carboxylic acids is 3. The predicted molar refractivity (Wildman–Crippen MR) is 94.1 cm³/mol. The van der Waals surface area contributed by atoms with E-state index in [4.69, 9.17) is 0 Å². The highest BCUT2D eigenvalue weighted by molar-refractivity contribution is 5.94. The van der Waals surface area contributed by atoms with E-state index < -0.39 is 23.4 Å². The highest BCUT2D eigenvalue weighted by Gasteiger charge is 2.68. The van der Waals surface area contributed by atoms with Crippen LogP contribution in [0.5, 0.6) is 0 Å². The minimum absolute atomic E-state index is 0.0988. The summed E-state index contributed by atoms with van der Waals surface area (Å²) in [6.45, 7) is 3.31. The van der Waals surface area contributed by atoms with Crippen LogP contribution in [-0.4, -0.2) is 39.8 Å².